The maximum absolute atomic E-state index is 12.2. The summed E-state index contributed by atoms with van der Waals surface area (Å²) in [6.07, 6.45) is 0. The van der Waals surface area contributed by atoms with Crippen molar-refractivity contribution in [2.45, 2.75) is 13.5 Å². The van der Waals surface area contributed by atoms with Crippen molar-refractivity contribution in [2.75, 3.05) is 39.8 Å². The third kappa shape index (κ3) is 5.90. The van der Waals surface area contributed by atoms with E-state index in [0.717, 1.165) is 49.7 Å². The molecule has 1 N–H and O–H groups in total. The number of nitrogens with one attached hydrogen (secondary N) is 1. The average Bonchev–Trinajstić information content (AvgIpc) is 2.74. The van der Waals surface area contributed by atoms with Crippen molar-refractivity contribution in [1.29, 1.82) is 0 Å². The highest BCUT2D eigenvalue weighted by atomic mass is 16.5. The Bertz CT molecular complexity index is 782. The molecule has 28 heavy (non-hydrogen) atoms. The van der Waals surface area contributed by atoms with Crippen molar-refractivity contribution in [3.05, 3.63) is 65.7 Å². The van der Waals surface area contributed by atoms with E-state index in [0.29, 0.717) is 6.54 Å². The number of ether oxygens (including phenoxy) is 1. The van der Waals surface area contributed by atoms with E-state index in [4.69, 9.17) is 4.74 Å². The van der Waals surface area contributed by atoms with Gasteiger partial charge in [0.05, 0.1) is 19.4 Å². The Balaban J connectivity index is 1.41. The fraction of sp³-hybridized carbons (Fsp3) is 0.364. The molecule has 1 aliphatic rings. The summed E-state index contributed by atoms with van der Waals surface area (Å²) < 4.78 is 5.15. The monoisotopic (exact) mass is 380 g/mol. The second kappa shape index (κ2) is 10.0. The van der Waals surface area contributed by atoms with Crippen LogP contribution < -0.4 is 10.2 Å². The third-order valence-electron chi connectivity index (χ3n) is 4.94. The van der Waals surface area contributed by atoms with E-state index in [9.17, 15) is 4.79 Å². The molecule has 0 bridgehead atoms. The lowest BCUT2D eigenvalue weighted by Crippen LogP contribution is -2.48. The first-order valence-corrected chi connectivity index (χ1v) is 9.60. The fourth-order valence-corrected chi connectivity index (χ4v) is 3.23. The standard InChI is InChI=1S/C22H28N4O2/c1-18(20-8-10-21(28-2)11-9-20)23-24-22(27)17-26-14-12-25(13-15-26)16-19-6-4-3-5-7-19/h3-11H,12-17H2,1-2H3,(H,24,27). The first kappa shape index (κ1) is 20.0. The van der Waals surface area contributed by atoms with Crippen LogP contribution >= 0.6 is 0 Å². The quantitative estimate of drug-likeness (QED) is 0.592. The van der Waals surface area contributed by atoms with Gasteiger partial charge in [-0.05, 0) is 42.3 Å². The largest absolute Gasteiger partial charge is 0.497 e. The third-order valence-corrected chi connectivity index (χ3v) is 4.94. The van der Waals surface area contributed by atoms with Crippen molar-refractivity contribution < 1.29 is 9.53 Å². The molecule has 6 heteroatoms. The molecule has 0 unspecified atom stereocenters. The predicted molar refractivity (Wildman–Crippen MR) is 112 cm³/mol. The van der Waals surface area contributed by atoms with Gasteiger partial charge in [-0.2, -0.15) is 5.10 Å². The molecule has 0 radical (unpaired) electrons. The molecule has 0 saturated carbocycles. The van der Waals surface area contributed by atoms with Gasteiger partial charge in [0.2, 0.25) is 0 Å². The molecular formula is C22H28N4O2. The zero-order chi connectivity index (χ0) is 19.8. The number of amides is 1. The molecule has 6 nitrogen and oxygen atoms in total. The van der Waals surface area contributed by atoms with Gasteiger partial charge in [-0.3, -0.25) is 14.6 Å². The lowest BCUT2D eigenvalue weighted by molar-refractivity contribution is -0.122. The number of piperazine rings is 1. The normalized spacial score (nSPS) is 16.0. The summed E-state index contributed by atoms with van der Waals surface area (Å²) in [6, 6.07) is 18.1. The number of carbonyl (C=O) groups excluding carboxylic acids is 1. The number of hydrogen-bond donors (Lipinski definition) is 1. The Morgan fingerprint density at radius 3 is 2.29 bits per heavy atom. The lowest BCUT2D eigenvalue weighted by Gasteiger charge is -2.34. The van der Waals surface area contributed by atoms with Crippen molar-refractivity contribution in [2.24, 2.45) is 5.10 Å². The zero-order valence-corrected chi connectivity index (χ0v) is 16.6. The molecule has 2 aromatic carbocycles. The Labute approximate surface area is 166 Å². The van der Waals surface area contributed by atoms with Crippen molar-refractivity contribution in [3.63, 3.8) is 0 Å². The number of carbonyl (C=O) groups is 1. The molecule has 0 aliphatic carbocycles. The van der Waals surface area contributed by atoms with Gasteiger partial charge in [-0.25, -0.2) is 5.43 Å². The second-order valence-electron chi connectivity index (χ2n) is 7.00. The SMILES string of the molecule is COc1ccc(C(C)=NNC(=O)CN2CCN(Cc3ccccc3)CC2)cc1. The highest BCUT2D eigenvalue weighted by Gasteiger charge is 2.18. The minimum absolute atomic E-state index is 0.0793. The maximum atomic E-state index is 12.2. The first-order chi connectivity index (χ1) is 13.6. The highest BCUT2D eigenvalue weighted by Crippen LogP contribution is 2.12. The molecule has 0 aromatic heterocycles. The molecular weight excluding hydrogens is 352 g/mol. The smallest absolute Gasteiger partial charge is 0.254 e. The lowest BCUT2D eigenvalue weighted by atomic mass is 10.1. The molecule has 0 atom stereocenters. The van der Waals surface area contributed by atoms with E-state index in [2.05, 4.69) is 44.6 Å². The Hall–Kier alpha value is -2.70. The van der Waals surface area contributed by atoms with E-state index in [1.807, 2.05) is 37.3 Å². The Morgan fingerprint density at radius 1 is 1.00 bits per heavy atom. The summed E-state index contributed by atoms with van der Waals surface area (Å²) >= 11 is 0. The van der Waals surface area contributed by atoms with Crippen LogP contribution in [0.1, 0.15) is 18.1 Å². The van der Waals surface area contributed by atoms with Gasteiger partial charge in [0, 0.05) is 32.7 Å². The molecule has 2 aromatic rings. The van der Waals surface area contributed by atoms with Crippen LogP contribution in [0.15, 0.2) is 59.7 Å². The number of benzene rings is 2. The van der Waals surface area contributed by atoms with Crippen molar-refractivity contribution in [1.82, 2.24) is 15.2 Å². The topological polar surface area (TPSA) is 57.2 Å². The average molecular weight is 380 g/mol. The van der Waals surface area contributed by atoms with Gasteiger partial charge in [-0.1, -0.05) is 30.3 Å². The van der Waals surface area contributed by atoms with Gasteiger partial charge < -0.3 is 4.74 Å². The summed E-state index contributed by atoms with van der Waals surface area (Å²) in [4.78, 5) is 16.8. The first-order valence-electron chi connectivity index (χ1n) is 9.60. The molecule has 0 spiro atoms. The number of hydrogen-bond acceptors (Lipinski definition) is 5. The minimum Gasteiger partial charge on any atom is -0.497 e. The number of rotatable bonds is 7. The number of nitrogens with zero attached hydrogens (tertiary/aromatic N) is 3. The zero-order valence-electron chi connectivity index (χ0n) is 16.6. The van der Waals surface area contributed by atoms with E-state index in [-0.39, 0.29) is 5.91 Å². The van der Waals surface area contributed by atoms with Gasteiger partial charge in [0.1, 0.15) is 5.75 Å². The van der Waals surface area contributed by atoms with Crippen LogP contribution in [0.5, 0.6) is 5.75 Å². The predicted octanol–water partition coefficient (Wildman–Crippen LogP) is 2.35. The van der Waals surface area contributed by atoms with Crippen LogP contribution in [0, 0.1) is 0 Å². The van der Waals surface area contributed by atoms with Crippen LogP contribution in [0.2, 0.25) is 0 Å². The Kier molecular flexibility index (Phi) is 7.17. The molecule has 1 heterocycles. The van der Waals surface area contributed by atoms with E-state index < -0.39 is 0 Å². The number of methoxy groups -OCH3 is 1. The van der Waals surface area contributed by atoms with Crippen molar-refractivity contribution in [3.8, 4) is 5.75 Å². The van der Waals surface area contributed by atoms with Gasteiger partial charge in [0.15, 0.2) is 0 Å². The van der Waals surface area contributed by atoms with Crippen LogP contribution in [0.25, 0.3) is 0 Å². The summed E-state index contributed by atoms with van der Waals surface area (Å²) in [5.41, 5.74) is 5.72. The molecule has 1 saturated heterocycles. The van der Waals surface area contributed by atoms with Crippen LogP contribution in [-0.2, 0) is 11.3 Å². The fourth-order valence-electron chi connectivity index (χ4n) is 3.23. The summed E-state index contributed by atoms with van der Waals surface area (Å²) in [5.74, 6) is 0.719. The molecule has 148 valence electrons. The summed E-state index contributed by atoms with van der Waals surface area (Å²) in [5, 5.41) is 4.23. The highest BCUT2D eigenvalue weighted by molar-refractivity contribution is 5.99. The molecule has 3 rings (SSSR count). The van der Waals surface area contributed by atoms with E-state index >= 15 is 0 Å². The minimum atomic E-state index is -0.0793. The van der Waals surface area contributed by atoms with Crippen molar-refractivity contribution >= 4 is 11.6 Å². The Morgan fingerprint density at radius 2 is 1.64 bits per heavy atom. The van der Waals surface area contributed by atoms with Crippen LogP contribution in [0.4, 0.5) is 0 Å². The van der Waals surface area contributed by atoms with Gasteiger partial charge in [-0.15, -0.1) is 0 Å². The molecule has 1 amide bonds. The van der Waals surface area contributed by atoms with Crippen LogP contribution in [0.3, 0.4) is 0 Å². The molecule has 1 aliphatic heterocycles. The summed E-state index contributed by atoms with van der Waals surface area (Å²) in [6.45, 7) is 6.94. The van der Waals surface area contributed by atoms with E-state index in [1.54, 1.807) is 7.11 Å². The summed E-state index contributed by atoms with van der Waals surface area (Å²) in [7, 11) is 1.64. The second-order valence-corrected chi connectivity index (χ2v) is 7.00. The van der Waals surface area contributed by atoms with E-state index in [1.165, 1.54) is 5.56 Å². The van der Waals surface area contributed by atoms with Crippen LogP contribution in [-0.4, -0.2) is 61.3 Å². The molecule has 1 fully saturated rings. The maximum Gasteiger partial charge on any atom is 0.254 e. The van der Waals surface area contributed by atoms with Gasteiger partial charge in [0.25, 0.3) is 5.91 Å². The number of hydrazone groups is 1. The van der Waals surface area contributed by atoms with Gasteiger partial charge >= 0.3 is 0 Å².